The van der Waals surface area contributed by atoms with Gasteiger partial charge in [-0.05, 0) is 18.7 Å². The van der Waals surface area contributed by atoms with Crippen molar-refractivity contribution in [3.8, 4) is 0 Å². The minimum atomic E-state index is -0.492. The molecular formula is C19H31N3O2. The van der Waals surface area contributed by atoms with Crippen LogP contribution in [-0.4, -0.2) is 42.9 Å². The molecule has 0 saturated heterocycles. The van der Waals surface area contributed by atoms with Gasteiger partial charge in [-0.2, -0.15) is 0 Å². The molecule has 0 spiro atoms. The van der Waals surface area contributed by atoms with Gasteiger partial charge in [-0.15, -0.1) is 0 Å². The zero-order valence-electron chi connectivity index (χ0n) is 15.6. The Bertz CT molecular complexity index is 519. The standard InChI is InChI=1S/C19H31N3O2/c1-6-22(7-2)16(15-11-9-8-10-12-15)13-20-17(23)14-21-18(24)19(3,4)5/h8-12,16H,6-7,13-14H2,1-5H3,(H,20,23)(H,21,24). The number of rotatable bonds is 8. The summed E-state index contributed by atoms with van der Waals surface area (Å²) in [5.41, 5.74) is 0.689. The van der Waals surface area contributed by atoms with Crippen LogP contribution in [0.15, 0.2) is 30.3 Å². The lowest BCUT2D eigenvalue weighted by Crippen LogP contribution is -2.44. The van der Waals surface area contributed by atoms with Crippen LogP contribution in [0.4, 0.5) is 0 Å². The SMILES string of the molecule is CCN(CC)C(CNC(=O)CNC(=O)C(C)(C)C)c1ccccc1. The first-order valence-corrected chi connectivity index (χ1v) is 8.63. The van der Waals surface area contributed by atoms with E-state index in [-0.39, 0.29) is 24.4 Å². The Morgan fingerprint density at radius 3 is 2.12 bits per heavy atom. The van der Waals surface area contributed by atoms with Gasteiger partial charge >= 0.3 is 0 Å². The van der Waals surface area contributed by atoms with Gasteiger partial charge in [-0.1, -0.05) is 65.0 Å². The molecule has 0 aromatic heterocycles. The lowest BCUT2D eigenvalue weighted by molar-refractivity contribution is -0.131. The molecule has 0 radical (unpaired) electrons. The monoisotopic (exact) mass is 333 g/mol. The molecule has 1 rings (SSSR count). The molecule has 0 bridgehead atoms. The predicted molar refractivity (Wildman–Crippen MR) is 97.6 cm³/mol. The predicted octanol–water partition coefficient (Wildman–Crippen LogP) is 2.35. The topological polar surface area (TPSA) is 61.4 Å². The minimum absolute atomic E-state index is 0.00978. The Balaban J connectivity index is 2.62. The summed E-state index contributed by atoms with van der Waals surface area (Å²) < 4.78 is 0. The summed E-state index contributed by atoms with van der Waals surface area (Å²) in [6, 6.07) is 10.3. The molecule has 1 aromatic rings. The summed E-state index contributed by atoms with van der Waals surface area (Å²) in [5, 5.41) is 5.62. The Morgan fingerprint density at radius 2 is 1.62 bits per heavy atom. The largest absolute Gasteiger partial charge is 0.353 e. The van der Waals surface area contributed by atoms with Crippen LogP contribution in [0.2, 0.25) is 0 Å². The molecule has 0 heterocycles. The normalized spacial score (nSPS) is 12.8. The maximum absolute atomic E-state index is 12.1. The van der Waals surface area contributed by atoms with Crippen LogP contribution in [0.25, 0.3) is 0 Å². The molecule has 0 fully saturated rings. The number of nitrogens with zero attached hydrogens (tertiary/aromatic N) is 1. The summed E-state index contributed by atoms with van der Waals surface area (Å²) in [6.07, 6.45) is 0. The summed E-state index contributed by atoms with van der Waals surface area (Å²) in [6.45, 7) is 12.1. The van der Waals surface area contributed by atoms with Gasteiger partial charge in [0.05, 0.1) is 12.6 Å². The van der Waals surface area contributed by atoms with Crippen molar-refractivity contribution in [3.63, 3.8) is 0 Å². The molecule has 5 heteroatoms. The molecule has 0 saturated carbocycles. The van der Waals surface area contributed by atoms with Gasteiger partial charge in [-0.3, -0.25) is 14.5 Å². The Morgan fingerprint density at radius 1 is 1.04 bits per heavy atom. The summed E-state index contributed by atoms with van der Waals surface area (Å²) in [7, 11) is 0. The highest BCUT2D eigenvalue weighted by Gasteiger charge is 2.22. The zero-order chi connectivity index (χ0) is 18.2. The number of amides is 2. The van der Waals surface area contributed by atoms with Crippen LogP contribution in [0, 0.1) is 5.41 Å². The molecule has 1 unspecified atom stereocenters. The molecule has 2 amide bonds. The third-order valence-electron chi connectivity index (χ3n) is 4.02. The third-order valence-corrected chi connectivity index (χ3v) is 4.02. The zero-order valence-corrected chi connectivity index (χ0v) is 15.6. The first-order valence-electron chi connectivity index (χ1n) is 8.63. The van der Waals surface area contributed by atoms with Gasteiger partial charge < -0.3 is 10.6 Å². The second-order valence-corrected chi connectivity index (χ2v) is 6.88. The molecule has 2 N–H and O–H groups in total. The minimum Gasteiger partial charge on any atom is -0.353 e. The van der Waals surface area contributed by atoms with Gasteiger partial charge in [-0.25, -0.2) is 0 Å². The molecular weight excluding hydrogens is 302 g/mol. The van der Waals surface area contributed by atoms with Gasteiger partial charge in [0.2, 0.25) is 11.8 Å². The summed E-state index contributed by atoms with van der Waals surface area (Å²) >= 11 is 0. The third kappa shape index (κ3) is 6.32. The van der Waals surface area contributed by atoms with Gasteiger partial charge in [0.15, 0.2) is 0 Å². The van der Waals surface area contributed by atoms with Crippen LogP contribution in [-0.2, 0) is 9.59 Å². The van der Waals surface area contributed by atoms with E-state index in [0.717, 1.165) is 13.1 Å². The molecule has 5 nitrogen and oxygen atoms in total. The molecule has 24 heavy (non-hydrogen) atoms. The van der Waals surface area contributed by atoms with E-state index < -0.39 is 5.41 Å². The lowest BCUT2D eigenvalue weighted by Gasteiger charge is -2.30. The fourth-order valence-corrected chi connectivity index (χ4v) is 2.50. The number of benzene rings is 1. The van der Waals surface area contributed by atoms with Crippen molar-refractivity contribution in [2.75, 3.05) is 26.2 Å². The van der Waals surface area contributed by atoms with Gasteiger partial charge in [0, 0.05) is 12.0 Å². The van der Waals surface area contributed by atoms with Crippen LogP contribution < -0.4 is 10.6 Å². The maximum atomic E-state index is 12.1. The van der Waals surface area contributed by atoms with E-state index in [0.29, 0.717) is 6.54 Å². The number of carbonyl (C=O) groups is 2. The van der Waals surface area contributed by atoms with Crippen molar-refractivity contribution >= 4 is 11.8 Å². The van der Waals surface area contributed by atoms with Gasteiger partial charge in [0.25, 0.3) is 0 Å². The van der Waals surface area contributed by atoms with E-state index in [2.05, 4.69) is 41.5 Å². The number of carbonyl (C=O) groups excluding carboxylic acids is 2. The number of hydrogen-bond acceptors (Lipinski definition) is 3. The molecule has 0 aliphatic heterocycles. The maximum Gasteiger partial charge on any atom is 0.239 e. The number of likely N-dealkylation sites (N-methyl/N-ethyl adjacent to an activating group) is 1. The van der Waals surface area contributed by atoms with E-state index >= 15 is 0 Å². The fraction of sp³-hybridized carbons (Fsp3) is 0.579. The smallest absolute Gasteiger partial charge is 0.239 e. The van der Waals surface area contributed by atoms with E-state index in [4.69, 9.17) is 0 Å². The van der Waals surface area contributed by atoms with E-state index in [1.807, 2.05) is 39.0 Å². The van der Waals surface area contributed by atoms with Crippen molar-refractivity contribution in [2.45, 2.75) is 40.7 Å². The molecule has 1 aromatic carbocycles. The van der Waals surface area contributed by atoms with Crippen molar-refractivity contribution in [1.82, 2.24) is 15.5 Å². The van der Waals surface area contributed by atoms with Crippen LogP contribution >= 0.6 is 0 Å². The van der Waals surface area contributed by atoms with Gasteiger partial charge in [0.1, 0.15) is 0 Å². The highest BCUT2D eigenvalue weighted by atomic mass is 16.2. The average Bonchev–Trinajstić information content (AvgIpc) is 2.56. The summed E-state index contributed by atoms with van der Waals surface area (Å²) in [5.74, 6) is -0.290. The molecule has 0 aliphatic rings. The first-order chi connectivity index (χ1) is 11.3. The number of nitrogens with one attached hydrogen (secondary N) is 2. The van der Waals surface area contributed by atoms with Crippen molar-refractivity contribution in [3.05, 3.63) is 35.9 Å². The van der Waals surface area contributed by atoms with Crippen LogP contribution in [0.3, 0.4) is 0 Å². The van der Waals surface area contributed by atoms with Crippen LogP contribution in [0.1, 0.15) is 46.2 Å². The molecule has 0 aliphatic carbocycles. The highest BCUT2D eigenvalue weighted by Crippen LogP contribution is 2.19. The van der Waals surface area contributed by atoms with E-state index in [9.17, 15) is 9.59 Å². The van der Waals surface area contributed by atoms with Crippen molar-refractivity contribution in [1.29, 1.82) is 0 Å². The Labute approximate surface area is 145 Å². The first kappa shape index (κ1) is 20.2. The molecule has 134 valence electrons. The van der Waals surface area contributed by atoms with E-state index in [1.165, 1.54) is 5.56 Å². The lowest BCUT2D eigenvalue weighted by atomic mass is 9.96. The number of hydrogen-bond donors (Lipinski definition) is 2. The van der Waals surface area contributed by atoms with Crippen LogP contribution in [0.5, 0.6) is 0 Å². The highest BCUT2D eigenvalue weighted by molar-refractivity contribution is 5.87. The fourth-order valence-electron chi connectivity index (χ4n) is 2.50. The summed E-state index contributed by atoms with van der Waals surface area (Å²) in [4.78, 5) is 26.2. The molecule has 1 atom stereocenters. The van der Waals surface area contributed by atoms with E-state index in [1.54, 1.807) is 0 Å². The second-order valence-electron chi connectivity index (χ2n) is 6.88. The van der Waals surface area contributed by atoms with Crippen molar-refractivity contribution in [2.24, 2.45) is 5.41 Å². The van der Waals surface area contributed by atoms with Crippen molar-refractivity contribution < 1.29 is 9.59 Å². The second kappa shape index (κ2) is 9.42. The Kier molecular flexibility index (Phi) is 7.92. The Hall–Kier alpha value is -1.88. The average molecular weight is 333 g/mol. The quantitative estimate of drug-likeness (QED) is 0.768.